The second-order valence-corrected chi connectivity index (χ2v) is 2.67. The SMILES string of the molecule is NC1(CO)CCCNC1=O. The summed E-state index contributed by atoms with van der Waals surface area (Å²) in [6, 6.07) is 0. The number of nitrogens with one attached hydrogen (secondary N) is 1. The van der Waals surface area contributed by atoms with Crippen LogP contribution in [-0.2, 0) is 4.79 Å². The van der Waals surface area contributed by atoms with Crippen LogP contribution in [0.25, 0.3) is 0 Å². The average Bonchev–Trinajstić information content (AvgIpc) is 1.96. The van der Waals surface area contributed by atoms with Crippen LogP contribution in [0.1, 0.15) is 12.8 Å². The van der Waals surface area contributed by atoms with Gasteiger partial charge in [-0.2, -0.15) is 0 Å². The predicted octanol–water partition coefficient (Wildman–Crippen LogP) is -1.41. The Morgan fingerprint density at radius 3 is 2.90 bits per heavy atom. The van der Waals surface area contributed by atoms with E-state index in [0.29, 0.717) is 13.0 Å². The van der Waals surface area contributed by atoms with Gasteiger partial charge in [0.25, 0.3) is 0 Å². The summed E-state index contributed by atoms with van der Waals surface area (Å²) in [6.07, 6.45) is 1.43. The van der Waals surface area contributed by atoms with Crippen molar-refractivity contribution in [2.24, 2.45) is 5.73 Å². The van der Waals surface area contributed by atoms with Crippen molar-refractivity contribution in [2.45, 2.75) is 18.4 Å². The molecule has 1 aliphatic heterocycles. The summed E-state index contributed by atoms with van der Waals surface area (Å²) in [4.78, 5) is 11.0. The molecule has 1 saturated heterocycles. The highest BCUT2D eigenvalue weighted by atomic mass is 16.3. The van der Waals surface area contributed by atoms with Gasteiger partial charge in [0.05, 0.1) is 6.61 Å². The van der Waals surface area contributed by atoms with Crippen molar-refractivity contribution < 1.29 is 9.90 Å². The van der Waals surface area contributed by atoms with Crippen LogP contribution in [0.15, 0.2) is 0 Å². The van der Waals surface area contributed by atoms with Crippen LogP contribution in [0.3, 0.4) is 0 Å². The summed E-state index contributed by atoms with van der Waals surface area (Å²) in [6.45, 7) is 0.413. The lowest BCUT2D eigenvalue weighted by Gasteiger charge is -2.29. The fourth-order valence-corrected chi connectivity index (χ4v) is 1.05. The molecule has 0 spiro atoms. The average molecular weight is 144 g/mol. The fourth-order valence-electron chi connectivity index (χ4n) is 1.05. The first-order valence-electron chi connectivity index (χ1n) is 3.37. The molecule has 0 bridgehead atoms. The van der Waals surface area contributed by atoms with Gasteiger partial charge in [0, 0.05) is 6.54 Å². The molecule has 0 aromatic rings. The Kier molecular flexibility index (Phi) is 1.92. The minimum absolute atomic E-state index is 0.235. The van der Waals surface area contributed by atoms with Gasteiger partial charge >= 0.3 is 0 Å². The Morgan fingerprint density at radius 2 is 2.50 bits per heavy atom. The summed E-state index contributed by atoms with van der Waals surface area (Å²) >= 11 is 0. The molecular formula is C6H12N2O2. The molecule has 0 aliphatic carbocycles. The molecule has 4 heteroatoms. The number of aliphatic hydroxyl groups is 1. The molecule has 1 aliphatic rings. The van der Waals surface area contributed by atoms with E-state index in [1.54, 1.807) is 0 Å². The van der Waals surface area contributed by atoms with Crippen molar-refractivity contribution in [3.8, 4) is 0 Å². The van der Waals surface area contributed by atoms with Crippen molar-refractivity contribution in [3.05, 3.63) is 0 Å². The summed E-state index contributed by atoms with van der Waals surface area (Å²) in [5.74, 6) is -0.235. The van der Waals surface area contributed by atoms with Crippen LogP contribution in [-0.4, -0.2) is 29.7 Å². The Hall–Kier alpha value is -0.610. The molecule has 1 atom stereocenters. The Bertz CT molecular complexity index is 149. The fraction of sp³-hybridized carbons (Fsp3) is 0.833. The number of rotatable bonds is 1. The lowest BCUT2D eigenvalue weighted by molar-refractivity contribution is -0.129. The number of hydrogen-bond donors (Lipinski definition) is 3. The molecule has 1 unspecified atom stereocenters. The van der Waals surface area contributed by atoms with Gasteiger partial charge in [-0.25, -0.2) is 0 Å². The van der Waals surface area contributed by atoms with Crippen LogP contribution >= 0.6 is 0 Å². The summed E-state index contributed by atoms with van der Waals surface area (Å²) < 4.78 is 0. The van der Waals surface area contributed by atoms with E-state index in [4.69, 9.17) is 10.8 Å². The number of piperidine rings is 1. The highest BCUT2D eigenvalue weighted by Gasteiger charge is 2.35. The summed E-state index contributed by atoms with van der Waals surface area (Å²) in [5.41, 5.74) is 4.52. The van der Waals surface area contributed by atoms with E-state index in [0.717, 1.165) is 6.42 Å². The molecule has 0 aromatic carbocycles. The van der Waals surface area contributed by atoms with Gasteiger partial charge in [-0.05, 0) is 12.8 Å². The molecule has 1 rings (SSSR count). The van der Waals surface area contributed by atoms with Crippen LogP contribution in [0.4, 0.5) is 0 Å². The molecule has 0 aromatic heterocycles. The zero-order chi connectivity index (χ0) is 7.61. The molecule has 1 fully saturated rings. The molecule has 58 valence electrons. The second-order valence-electron chi connectivity index (χ2n) is 2.67. The third kappa shape index (κ3) is 1.12. The van der Waals surface area contributed by atoms with Crippen LogP contribution in [0.2, 0.25) is 0 Å². The first-order valence-corrected chi connectivity index (χ1v) is 3.37. The topological polar surface area (TPSA) is 75.3 Å². The number of hydrogen-bond acceptors (Lipinski definition) is 3. The van der Waals surface area contributed by atoms with Crippen molar-refractivity contribution in [3.63, 3.8) is 0 Å². The molecule has 0 radical (unpaired) electrons. The molecule has 0 saturated carbocycles. The lowest BCUT2D eigenvalue weighted by atomic mass is 9.91. The molecular weight excluding hydrogens is 132 g/mol. The standard InChI is InChI=1S/C6H12N2O2/c7-6(4-9)2-1-3-8-5(6)10/h9H,1-4,7H2,(H,8,10). The normalized spacial score (nSPS) is 33.6. The lowest BCUT2D eigenvalue weighted by Crippen LogP contribution is -2.59. The van der Waals surface area contributed by atoms with E-state index in [1.165, 1.54) is 0 Å². The van der Waals surface area contributed by atoms with Gasteiger partial charge in [-0.3, -0.25) is 4.79 Å². The third-order valence-electron chi connectivity index (χ3n) is 1.82. The number of amides is 1. The molecule has 4 N–H and O–H groups in total. The first kappa shape index (κ1) is 7.50. The van der Waals surface area contributed by atoms with Crippen LogP contribution in [0, 0.1) is 0 Å². The Morgan fingerprint density at radius 1 is 1.80 bits per heavy atom. The molecule has 4 nitrogen and oxygen atoms in total. The van der Waals surface area contributed by atoms with Gasteiger partial charge in [-0.15, -0.1) is 0 Å². The smallest absolute Gasteiger partial charge is 0.242 e. The Labute approximate surface area is 59.4 Å². The zero-order valence-electron chi connectivity index (χ0n) is 5.76. The molecule has 1 heterocycles. The van der Waals surface area contributed by atoms with E-state index in [1.807, 2.05) is 0 Å². The highest BCUT2D eigenvalue weighted by molar-refractivity contribution is 5.86. The number of aliphatic hydroxyl groups excluding tert-OH is 1. The maximum atomic E-state index is 11.0. The van der Waals surface area contributed by atoms with E-state index < -0.39 is 5.54 Å². The van der Waals surface area contributed by atoms with Gasteiger partial charge in [0.2, 0.25) is 5.91 Å². The third-order valence-corrected chi connectivity index (χ3v) is 1.82. The number of carbonyl (C=O) groups is 1. The molecule has 10 heavy (non-hydrogen) atoms. The van der Waals surface area contributed by atoms with Gasteiger partial charge in [0.1, 0.15) is 5.54 Å². The van der Waals surface area contributed by atoms with Gasteiger partial charge in [0.15, 0.2) is 0 Å². The monoisotopic (exact) mass is 144 g/mol. The van der Waals surface area contributed by atoms with Crippen molar-refractivity contribution in [1.29, 1.82) is 0 Å². The Balaban J connectivity index is 2.63. The summed E-state index contributed by atoms with van der Waals surface area (Å²) in [5, 5.41) is 11.3. The van der Waals surface area contributed by atoms with Crippen LogP contribution < -0.4 is 11.1 Å². The van der Waals surface area contributed by atoms with Crippen LogP contribution in [0.5, 0.6) is 0 Å². The van der Waals surface area contributed by atoms with Crippen molar-refractivity contribution >= 4 is 5.91 Å². The van der Waals surface area contributed by atoms with E-state index in [9.17, 15) is 4.79 Å². The highest BCUT2D eigenvalue weighted by Crippen LogP contribution is 2.12. The van der Waals surface area contributed by atoms with Gasteiger partial charge in [-0.1, -0.05) is 0 Å². The maximum Gasteiger partial charge on any atom is 0.242 e. The van der Waals surface area contributed by atoms with E-state index >= 15 is 0 Å². The number of carbonyl (C=O) groups excluding carboxylic acids is 1. The predicted molar refractivity (Wildman–Crippen MR) is 36.2 cm³/mol. The summed E-state index contributed by atoms with van der Waals surface area (Å²) in [7, 11) is 0. The quantitative estimate of drug-likeness (QED) is 0.423. The maximum absolute atomic E-state index is 11.0. The van der Waals surface area contributed by atoms with Crippen molar-refractivity contribution in [2.75, 3.05) is 13.2 Å². The first-order chi connectivity index (χ1) is 4.69. The van der Waals surface area contributed by atoms with E-state index in [-0.39, 0.29) is 12.5 Å². The van der Waals surface area contributed by atoms with Crippen molar-refractivity contribution in [1.82, 2.24) is 5.32 Å². The largest absolute Gasteiger partial charge is 0.394 e. The number of nitrogens with two attached hydrogens (primary N) is 1. The minimum atomic E-state index is -1.02. The van der Waals surface area contributed by atoms with E-state index in [2.05, 4.69) is 5.32 Å². The second kappa shape index (κ2) is 2.56. The zero-order valence-corrected chi connectivity index (χ0v) is 5.76. The van der Waals surface area contributed by atoms with Gasteiger partial charge < -0.3 is 16.2 Å². The molecule has 1 amide bonds. The minimum Gasteiger partial charge on any atom is -0.394 e.